The Hall–Kier alpha value is -3.35. The van der Waals surface area contributed by atoms with E-state index in [0.717, 1.165) is 34.1 Å². The lowest BCUT2D eigenvalue weighted by atomic mass is 10.1. The van der Waals surface area contributed by atoms with Gasteiger partial charge in [0.25, 0.3) is 0 Å². The van der Waals surface area contributed by atoms with Crippen LogP contribution in [0.4, 0.5) is 5.82 Å². The van der Waals surface area contributed by atoms with E-state index in [1.165, 1.54) is 12.8 Å². The highest BCUT2D eigenvalue weighted by molar-refractivity contribution is 5.87. The predicted molar refractivity (Wildman–Crippen MR) is 103 cm³/mol. The van der Waals surface area contributed by atoms with E-state index >= 15 is 0 Å². The van der Waals surface area contributed by atoms with Gasteiger partial charge < -0.3 is 5.32 Å². The lowest BCUT2D eigenvalue weighted by Gasteiger charge is -2.18. The number of hydrogen-bond acceptors (Lipinski definition) is 6. The molecule has 1 N–H and O–H groups in total. The van der Waals surface area contributed by atoms with Crippen molar-refractivity contribution < 1.29 is 0 Å². The molecule has 1 aromatic carbocycles. The fourth-order valence-corrected chi connectivity index (χ4v) is 3.31. The van der Waals surface area contributed by atoms with E-state index in [0.29, 0.717) is 5.92 Å². The summed E-state index contributed by atoms with van der Waals surface area (Å²) in [6.45, 7) is 1.99. The first-order valence-corrected chi connectivity index (χ1v) is 9.10. The molecular weight excluding hydrogens is 338 g/mol. The van der Waals surface area contributed by atoms with Crippen LogP contribution >= 0.6 is 0 Å². The highest BCUT2D eigenvalue weighted by atomic mass is 15.3. The van der Waals surface area contributed by atoms with Crippen LogP contribution in [0.2, 0.25) is 0 Å². The summed E-state index contributed by atoms with van der Waals surface area (Å²) in [5, 5.41) is 8.98. The van der Waals surface area contributed by atoms with Crippen LogP contribution in [0.25, 0.3) is 16.7 Å². The van der Waals surface area contributed by atoms with Gasteiger partial charge in [0.15, 0.2) is 11.5 Å². The van der Waals surface area contributed by atoms with Gasteiger partial charge in [-0.05, 0) is 43.9 Å². The van der Waals surface area contributed by atoms with E-state index in [1.807, 2.05) is 60.4 Å². The highest BCUT2D eigenvalue weighted by Gasteiger charge is 2.35. The van der Waals surface area contributed by atoms with E-state index in [2.05, 4.69) is 30.4 Å². The van der Waals surface area contributed by atoms with Crippen molar-refractivity contribution in [2.24, 2.45) is 5.92 Å². The van der Waals surface area contributed by atoms with Gasteiger partial charge in [0.2, 0.25) is 0 Å². The molecule has 0 amide bonds. The molecule has 5 rings (SSSR count). The molecule has 1 saturated carbocycles. The molecule has 0 unspecified atom stereocenters. The quantitative estimate of drug-likeness (QED) is 0.589. The first-order chi connectivity index (χ1) is 13.3. The first kappa shape index (κ1) is 15.9. The molecule has 27 heavy (non-hydrogen) atoms. The predicted octanol–water partition coefficient (Wildman–Crippen LogP) is 3.48. The Labute approximate surface area is 156 Å². The van der Waals surface area contributed by atoms with Crippen molar-refractivity contribution in [2.45, 2.75) is 25.8 Å². The minimum Gasteiger partial charge on any atom is -0.359 e. The van der Waals surface area contributed by atoms with Crippen LogP contribution in [0.1, 0.15) is 30.4 Å². The maximum Gasteiger partial charge on any atom is 0.168 e. The molecule has 0 saturated heterocycles. The van der Waals surface area contributed by atoms with Crippen molar-refractivity contribution in [1.82, 2.24) is 29.7 Å². The first-order valence-electron chi connectivity index (χ1n) is 9.10. The molecule has 7 heteroatoms. The summed E-state index contributed by atoms with van der Waals surface area (Å²) in [6.07, 6.45) is 7.55. The largest absolute Gasteiger partial charge is 0.359 e. The second-order valence-electron chi connectivity index (χ2n) is 6.87. The Morgan fingerprint density at radius 1 is 1.07 bits per heavy atom. The van der Waals surface area contributed by atoms with Gasteiger partial charge in [0, 0.05) is 11.9 Å². The number of fused-ring (bicyclic) bond motifs is 1. The number of para-hydroxylation sites is 1. The number of aryl methyl sites for hydroxylation is 1. The third-order valence-electron chi connectivity index (χ3n) is 4.84. The molecule has 3 heterocycles. The molecule has 0 aliphatic heterocycles. The minimum atomic E-state index is 0.0445. The third kappa shape index (κ3) is 3.01. The Bertz CT molecular complexity index is 1090. The van der Waals surface area contributed by atoms with Gasteiger partial charge in [0.05, 0.1) is 23.3 Å². The van der Waals surface area contributed by atoms with Crippen LogP contribution in [0.5, 0.6) is 0 Å². The minimum absolute atomic E-state index is 0.0445. The molecule has 0 spiro atoms. The molecule has 0 radical (unpaired) electrons. The SMILES string of the molecule is Cc1ccnc([C@@H](Nc2ncnc3c2cnn3-c2ccccc2)C2CC2)n1. The molecule has 3 aromatic heterocycles. The smallest absolute Gasteiger partial charge is 0.168 e. The van der Waals surface area contributed by atoms with Gasteiger partial charge in [-0.25, -0.2) is 24.6 Å². The fourth-order valence-electron chi connectivity index (χ4n) is 3.31. The number of hydrogen-bond donors (Lipinski definition) is 1. The van der Waals surface area contributed by atoms with Crippen molar-refractivity contribution in [2.75, 3.05) is 5.32 Å². The fraction of sp³-hybridized carbons (Fsp3) is 0.250. The summed E-state index contributed by atoms with van der Waals surface area (Å²) < 4.78 is 1.83. The van der Waals surface area contributed by atoms with Crippen LogP contribution in [-0.4, -0.2) is 29.7 Å². The van der Waals surface area contributed by atoms with E-state index < -0.39 is 0 Å². The van der Waals surface area contributed by atoms with Crippen LogP contribution in [-0.2, 0) is 0 Å². The maximum absolute atomic E-state index is 4.63. The molecular formula is C20H19N7. The number of nitrogens with zero attached hydrogens (tertiary/aromatic N) is 6. The van der Waals surface area contributed by atoms with Crippen LogP contribution < -0.4 is 5.32 Å². The average Bonchev–Trinajstić information content (AvgIpc) is 3.44. The normalized spacial score (nSPS) is 15.0. The Morgan fingerprint density at radius 2 is 1.93 bits per heavy atom. The van der Waals surface area contributed by atoms with Gasteiger partial charge in [-0.1, -0.05) is 18.2 Å². The summed E-state index contributed by atoms with van der Waals surface area (Å²) in [7, 11) is 0. The van der Waals surface area contributed by atoms with Crippen molar-refractivity contribution in [3.63, 3.8) is 0 Å². The summed E-state index contributed by atoms with van der Waals surface area (Å²) in [5.41, 5.74) is 2.72. The van der Waals surface area contributed by atoms with Crippen LogP contribution in [0.15, 0.2) is 55.1 Å². The number of anilines is 1. The molecule has 1 fully saturated rings. The summed E-state index contributed by atoms with van der Waals surface area (Å²) in [4.78, 5) is 18.0. The Kier molecular flexibility index (Phi) is 3.78. The Morgan fingerprint density at radius 3 is 2.70 bits per heavy atom. The van der Waals surface area contributed by atoms with Gasteiger partial charge >= 0.3 is 0 Å². The van der Waals surface area contributed by atoms with Gasteiger partial charge in [-0.15, -0.1) is 0 Å². The van der Waals surface area contributed by atoms with E-state index in [-0.39, 0.29) is 6.04 Å². The van der Waals surface area contributed by atoms with Crippen molar-refractivity contribution in [1.29, 1.82) is 0 Å². The monoisotopic (exact) mass is 357 g/mol. The van der Waals surface area contributed by atoms with Gasteiger partial charge in [-0.2, -0.15) is 5.10 Å². The molecule has 1 aliphatic rings. The lowest BCUT2D eigenvalue weighted by Crippen LogP contribution is -2.17. The molecule has 4 aromatic rings. The zero-order valence-corrected chi connectivity index (χ0v) is 14.9. The maximum atomic E-state index is 4.63. The highest BCUT2D eigenvalue weighted by Crippen LogP contribution is 2.42. The lowest BCUT2D eigenvalue weighted by molar-refractivity contribution is 0.629. The molecule has 1 aliphatic carbocycles. The van der Waals surface area contributed by atoms with Crippen molar-refractivity contribution in [3.05, 3.63) is 66.6 Å². The number of nitrogens with one attached hydrogen (secondary N) is 1. The number of benzene rings is 1. The molecule has 0 bridgehead atoms. The Balaban J connectivity index is 1.54. The third-order valence-corrected chi connectivity index (χ3v) is 4.84. The number of aromatic nitrogens is 6. The zero-order valence-electron chi connectivity index (χ0n) is 14.9. The van der Waals surface area contributed by atoms with Crippen molar-refractivity contribution in [3.8, 4) is 5.69 Å². The van der Waals surface area contributed by atoms with E-state index in [1.54, 1.807) is 6.33 Å². The summed E-state index contributed by atoms with van der Waals surface area (Å²) in [5.74, 6) is 2.12. The zero-order chi connectivity index (χ0) is 18.2. The van der Waals surface area contributed by atoms with Crippen molar-refractivity contribution >= 4 is 16.9 Å². The van der Waals surface area contributed by atoms with Crippen LogP contribution in [0, 0.1) is 12.8 Å². The second-order valence-corrected chi connectivity index (χ2v) is 6.87. The number of rotatable bonds is 5. The second kappa shape index (κ2) is 6.42. The average molecular weight is 357 g/mol. The standard InChI is InChI=1S/C20H19N7/c1-13-9-10-21-19(25-13)17(14-7-8-14)26-18-16-11-24-27(20(16)23-12-22-18)15-5-3-2-4-6-15/h2-6,9-12,14,17H,7-8H2,1H3,(H,22,23,26)/t17-/m0/s1. The molecule has 1 atom stereocenters. The summed E-state index contributed by atoms with van der Waals surface area (Å²) in [6, 6.07) is 11.9. The van der Waals surface area contributed by atoms with E-state index in [4.69, 9.17) is 0 Å². The van der Waals surface area contributed by atoms with Crippen LogP contribution in [0.3, 0.4) is 0 Å². The van der Waals surface area contributed by atoms with Gasteiger partial charge in [0.1, 0.15) is 12.1 Å². The molecule has 134 valence electrons. The topological polar surface area (TPSA) is 81.4 Å². The molecule has 7 nitrogen and oxygen atoms in total. The summed E-state index contributed by atoms with van der Waals surface area (Å²) >= 11 is 0. The van der Waals surface area contributed by atoms with E-state index in [9.17, 15) is 0 Å². The van der Waals surface area contributed by atoms with Gasteiger partial charge in [-0.3, -0.25) is 0 Å².